The standard InChI is InChI=1S/C26H29N3O4/c30-23(16-18-4-5-18)27-22-3-1-2-21(17-22)19-6-8-20(9-7-19)24(31)28-12-14-29(15-13-28)25(32)26(33)10-11-26/h1-3,6-9,17-18,33H,4-5,10-16H2,(H,27,30). The Hall–Kier alpha value is -3.19. The third-order valence-electron chi connectivity index (χ3n) is 6.76. The maximum absolute atomic E-state index is 12.9. The Balaban J connectivity index is 1.19. The molecule has 5 rings (SSSR count). The van der Waals surface area contributed by atoms with Crippen LogP contribution >= 0.6 is 0 Å². The third-order valence-corrected chi connectivity index (χ3v) is 6.76. The van der Waals surface area contributed by atoms with E-state index in [1.165, 1.54) is 0 Å². The van der Waals surface area contributed by atoms with E-state index in [0.29, 0.717) is 56.9 Å². The number of hydrogen-bond donors (Lipinski definition) is 2. The van der Waals surface area contributed by atoms with Gasteiger partial charge in [0.05, 0.1) is 0 Å². The number of benzene rings is 2. The number of amides is 3. The molecule has 0 bridgehead atoms. The molecule has 33 heavy (non-hydrogen) atoms. The number of nitrogens with one attached hydrogen (secondary N) is 1. The van der Waals surface area contributed by atoms with Crippen molar-refractivity contribution in [2.75, 3.05) is 31.5 Å². The fraction of sp³-hybridized carbons (Fsp3) is 0.423. The van der Waals surface area contributed by atoms with Gasteiger partial charge in [-0.25, -0.2) is 0 Å². The molecule has 1 aliphatic heterocycles. The highest BCUT2D eigenvalue weighted by molar-refractivity contribution is 5.95. The van der Waals surface area contributed by atoms with Gasteiger partial charge in [-0.3, -0.25) is 14.4 Å². The lowest BCUT2D eigenvalue weighted by Crippen LogP contribution is -2.53. The lowest BCUT2D eigenvalue weighted by Gasteiger charge is -2.35. The quantitative estimate of drug-likeness (QED) is 0.713. The summed E-state index contributed by atoms with van der Waals surface area (Å²) in [5.74, 6) is 0.347. The first-order valence-corrected chi connectivity index (χ1v) is 11.7. The number of aliphatic hydroxyl groups is 1. The van der Waals surface area contributed by atoms with E-state index in [2.05, 4.69) is 5.32 Å². The first kappa shape index (κ1) is 21.6. The molecule has 0 aromatic heterocycles. The van der Waals surface area contributed by atoms with E-state index in [0.717, 1.165) is 29.7 Å². The molecule has 0 spiro atoms. The number of carbonyl (C=O) groups excluding carboxylic acids is 3. The molecule has 0 radical (unpaired) electrons. The lowest BCUT2D eigenvalue weighted by molar-refractivity contribution is -0.143. The monoisotopic (exact) mass is 447 g/mol. The van der Waals surface area contributed by atoms with Crippen molar-refractivity contribution < 1.29 is 19.5 Å². The summed E-state index contributed by atoms with van der Waals surface area (Å²) < 4.78 is 0. The molecule has 2 aromatic carbocycles. The SMILES string of the molecule is O=C(CC1CC1)Nc1cccc(-c2ccc(C(=O)N3CCN(C(=O)C4(O)CC4)CC3)cc2)c1. The van der Waals surface area contributed by atoms with Crippen LogP contribution < -0.4 is 5.32 Å². The van der Waals surface area contributed by atoms with E-state index in [-0.39, 0.29) is 17.7 Å². The van der Waals surface area contributed by atoms with Gasteiger partial charge in [0.15, 0.2) is 0 Å². The second kappa shape index (κ2) is 8.63. The van der Waals surface area contributed by atoms with Gasteiger partial charge in [-0.1, -0.05) is 24.3 Å². The number of carbonyl (C=O) groups is 3. The Morgan fingerprint density at radius 1 is 0.909 bits per heavy atom. The molecule has 172 valence electrons. The zero-order valence-corrected chi connectivity index (χ0v) is 18.6. The molecular formula is C26H29N3O4. The van der Waals surface area contributed by atoms with Crippen LogP contribution in [0.3, 0.4) is 0 Å². The Morgan fingerprint density at radius 2 is 1.58 bits per heavy atom. The smallest absolute Gasteiger partial charge is 0.254 e. The largest absolute Gasteiger partial charge is 0.380 e. The van der Waals surface area contributed by atoms with E-state index in [1.807, 2.05) is 48.5 Å². The van der Waals surface area contributed by atoms with Crippen molar-refractivity contribution in [1.29, 1.82) is 0 Å². The van der Waals surface area contributed by atoms with Crippen LogP contribution in [0.4, 0.5) is 5.69 Å². The van der Waals surface area contributed by atoms with Crippen LogP contribution in [0.5, 0.6) is 0 Å². The molecular weight excluding hydrogens is 418 g/mol. The van der Waals surface area contributed by atoms with E-state index >= 15 is 0 Å². The second-order valence-electron chi connectivity index (χ2n) is 9.47. The Kier molecular flexibility index (Phi) is 5.66. The number of piperazine rings is 1. The third kappa shape index (κ3) is 4.93. The Bertz CT molecular complexity index is 1070. The van der Waals surface area contributed by atoms with Gasteiger partial charge in [0, 0.05) is 43.9 Å². The van der Waals surface area contributed by atoms with Gasteiger partial charge in [-0.05, 0) is 67.0 Å². The molecule has 1 heterocycles. The van der Waals surface area contributed by atoms with Crippen LogP contribution in [0.2, 0.25) is 0 Å². The fourth-order valence-corrected chi connectivity index (χ4v) is 4.30. The summed E-state index contributed by atoms with van der Waals surface area (Å²) in [5.41, 5.74) is 2.18. The average Bonchev–Trinajstić information content (AvgIpc) is 3.77. The summed E-state index contributed by atoms with van der Waals surface area (Å²) in [6.45, 7) is 1.82. The van der Waals surface area contributed by atoms with E-state index < -0.39 is 5.60 Å². The fourth-order valence-electron chi connectivity index (χ4n) is 4.30. The minimum absolute atomic E-state index is 0.0557. The predicted octanol–water partition coefficient (Wildman–Crippen LogP) is 2.90. The zero-order chi connectivity index (χ0) is 23.0. The minimum atomic E-state index is -1.15. The van der Waals surface area contributed by atoms with Crippen LogP contribution in [0, 0.1) is 5.92 Å². The van der Waals surface area contributed by atoms with E-state index in [9.17, 15) is 19.5 Å². The van der Waals surface area contributed by atoms with Gasteiger partial charge in [0.25, 0.3) is 11.8 Å². The van der Waals surface area contributed by atoms with Crippen molar-refractivity contribution in [2.45, 2.75) is 37.7 Å². The van der Waals surface area contributed by atoms with Gasteiger partial charge < -0.3 is 20.2 Å². The molecule has 3 amide bonds. The summed E-state index contributed by atoms with van der Waals surface area (Å²) in [6.07, 6.45) is 3.95. The molecule has 7 nitrogen and oxygen atoms in total. The molecule has 3 aliphatic rings. The summed E-state index contributed by atoms with van der Waals surface area (Å²) in [7, 11) is 0. The number of anilines is 1. The molecule has 0 unspecified atom stereocenters. The van der Waals surface area contributed by atoms with Gasteiger partial charge in [0.1, 0.15) is 5.60 Å². The summed E-state index contributed by atoms with van der Waals surface area (Å²) in [4.78, 5) is 40.7. The first-order valence-electron chi connectivity index (χ1n) is 11.7. The molecule has 2 saturated carbocycles. The maximum atomic E-state index is 12.9. The first-order chi connectivity index (χ1) is 15.9. The molecule has 7 heteroatoms. The van der Waals surface area contributed by atoms with Gasteiger partial charge in [-0.15, -0.1) is 0 Å². The van der Waals surface area contributed by atoms with Crippen molar-refractivity contribution in [2.24, 2.45) is 5.92 Å². The van der Waals surface area contributed by atoms with Crippen LogP contribution in [0.25, 0.3) is 11.1 Å². The highest BCUT2D eigenvalue weighted by atomic mass is 16.3. The summed E-state index contributed by atoms with van der Waals surface area (Å²) >= 11 is 0. The molecule has 1 saturated heterocycles. The maximum Gasteiger partial charge on any atom is 0.254 e. The van der Waals surface area contributed by atoms with Crippen molar-refractivity contribution in [1.82, 2.24) is 9.80 Å². The molecule has 2 aromatic rings. The van der Waals surface area contributed by atoms with Gasteiger partial charge in [0.2, 0.25) is 5.91 Å². The van der Waals surface area contributed by atoms with Crippen LogP contribution in [-0.2, 0) is 9.59 Å². The lowest BCUT2D eigenvalue weighted by atomic mass is 10.0. The topological polar surface area (TPSA) is 90.0 Å². The van der Waals surface area contributed by atoms with Crippen LogP contribution in [0.1, 0.15) is 42.5 Å². The highest BCUT2D eigenvalue weighted by Gasteiger charge is 2.50. The highest BCUT2D eigenvalue weighted by Crippen LogP contribution is 2.37. The number of hydrogen-bond acceptors (Lipinski definition) is 4. The zero-order valence-electron chi connectivity index (χ0n) is 18.6. The van der Waals surface area contributed by atoms with Crippen molar-refractivity contribution in [3.05, 3.63) is 54.1 Å². The normalized spacial score (nSPS) is 19.2. The van der Waals surface area contributed by atoms with Gasteiger partial charge in [-0.2, -0.15) is 0 Å². The number of nitrogens with zero attached hydrogens (tertiary/aromatic N) is 2. The summed E-state index contributed by atoms with van der Waals surface area (Å²) in [6, 6.07) is 15.2. The molecule has 2 N–H and O–H groups in total. The average molecular weight is 448 g/mol. The van der Waals surface area contributed by atoms with Crippen molar-refractivity contribution in [3.63, 3.8) is 0 Å². The molecule has 3 fully saturated rings. The molecule has 2 aliphatic carbocycles. The van der Waals surface area contributed by atoms with E-state index in [4.69, 9.17) is 0 Å². The second-order valence-corrected chi connectivity index (χ2v) is 9.47. The van der Waals surface area contributed by atoms with Crippen molar-refractivity contribution >= 4 is 23.4 Å². The van der Waals surface area contributed by atoms with Crippen molar-refractivity contribution in [3.8, 4) is 11.1 Å². The van der Waals surface area contributed by atoms with E-state index in [1.54, 1.807) is 9.80 Å². The predicted molar refractivity (Wildman–Crippen MR) is 125 cm³/mol. The van der Waals surface area contributed by atoms with Gasteiger partial charge >= 0.3 is 0 Å². The van der Waals surface area contributed by atoms with Crippen LogP contribution in [0.15, 0.2) is 48.5 Å². The Labute approximate surface area is 193 Å². The summed E-state index contributed by atoms with van der Waals surface area (Å²) in [5, 5.41) is 13.0. The van der Waals surface area contributed by atoms with Crippen LogP contribution in [-0.4, -0.2) is 64.4 Å². The minimum Gasteiger partial charge on any atom is -0.380 e. The number of rotatable bonds is 6. The Morgan fingerprint density at radius 3 is 2.21 bits per heavy atom. The molecule has 0 atom stereocenters.